The SMILES string of the molecule is COc1ccc(N2CCNC(CCC3OCCc4cc(F)ccc43)C2)cc1. The van der Waals surface area contributed by atoms with Crippen LogP contribution in [0.3, 0.4) is 0 Å². The van der Waals surface area contributed by atoms with Crippen molar-refractivity contribution in [3.05, 3.63) is 59.4 Å². The summed E-state index contributed by atoms with van der Waals surface area (Å²) in [4.78, 5) is 2.42. The van der Waals surface area contributed by atoms with E-state index in [2.05, 4.69) is 22.3 Å². The minimum absolute atomic E-state index is 0.0764. The monoisotopic (exact) mass is 370 g/mol. The number of hydrogen-bond donors (Lipinski definition) is 1. The van der Waals surface area contributed by atoms with Crippen LogP contribution in [0.5, 0.6) is 5.75 Å². The van der Waals surface area contributed by atoms with Crippen molar-refractivity contribution >= 4 is 5.69 Å². The molecule has 2 aromatic carbocycles. The van der Waals surface area contributed by atoms with E-state index < -0.39 is 0 Å². The molecule has 5 heteroatoms. The second kappa shape index (κ2) is 8.28. The Balaban J connectivity index is 1.36. The Bertz CT molecular complexity index is 765. The average molecular weight is 370 g/mol. The van der Waals surface area contributed by atoms with Gasteiger partial charge in [0.25, 0.3) is 0 Å². The number of methoxy groups -OCH3 is 1. The van der Waals surface area contributed by atoms with Gasteiger partial charge in [0, 0.05) is 31.4 Å². The van der Waals surface area contributed by atoms with E-state index in [9.17, 15) is 4.39 Å². The summed E-state index contributed by atoms with van der Waals surface area (Å²) in [6.07, 6.45) is 2.87. The van der Waals surface area contributed by atoms with Gasteiger partial charge in [0.15, 0.2) is 0 Å². The van der Waals surface area contributed by atoms with E-state index in [1.807, 2.05) is 18.2 Å². The summed E-state index contributed by atoms with van der Waals surface area (Å²) in [5.41, 5.74) is 3.49. The number of halogens is 1. The summed E-state index contributed by atoms with van der Waals surface area (Å²) in [6, 6.07) is 13.8. The maximum Gasteiger partial charge on any atom is 0.123 e. The zero-order chi connectivity index (χ0) is 18.6. The molecule has 144 valence electrons. The van der Waals surface area contributed by atoms with Crippen molar-refractivity contribution in [1.29, 1.82) is 0 Å². The number of fused-ring (bicyclic) bond motifs is 1. The van der Waals surface area contributed by atoms with Crippen molar-refractivity contribution in [1.82, 2.24) is 5.32 Å². The molecule has 2 heterocycles. The van der Waals surface area contributed by atoms with Crippen molar-refractivity contribution in [2.45, 2.75) is 31.4 Å². The molecule has 4 rings (SSSR count). The fourth-order valence-corrected chi connectivity index (χ4v) is 4.14. The lowest BCUT2D eigenvalue weighted by molar-refractivity contribution is 0.0331. The summed E-state index contributed by atoms with van der Waals surface area (Å²) in [5, 5.41) is 3.63. The molecule has 1 fully saturated rings. The lowest BCUT2D eigenvalue weighted by Crippen LogP contribution is -2.50. The minimum atomic E-state index is -0.154. The molecule has 2 aliphatic heterocycles. The fourth-order valence-electron chi connectivity index (χ4n) is 4.14. The van der Waals surface area contributed by atoms with Crippen molar-refractivity contribution in [3.63, 3.8) is 0 Å². The van der Waals surface area contributed by atoms with Crippen LogP contribution in [0.2, 0.25) is 0 Å². The molecule has 0 aliphatic carbocycles. The predicted molar refractivity (Wildman–Crippen MR) is 105 cm³/mol. The van der Waals surface area contributed by atoms with Crippen LogP contribution in [-0.4, -0.2) is 39.4 Å². The molecule has 0 spiro atoms. The number of rotatable bonds is 5. The maximum atomic E-state index is 13.5. The summed E-state index contributed by atoms with van der Waals surface area (Å²) in [5.74, 6) is 0.730. The molecular weight excluding hydrogens is 343 g/mol. The van der Waals surface area contributed by atoms with Crippen LogP contribution in [0, 0.1) is 5.82 Å². The molecule has 0 amide bonds. The van der Waals surface area contributed by atoms with Crippen molar-refractivity contribution in [2.24, 2.45) is 0 Å². The van der Waals surface area contributed by atoms with Gasteiger partial charge in [0.05, 0.1) is 19.8 Å². The Morgan fingerprint density at radius 2 is 2.04 bits per heavy atom. The third-order valence-electron chi connectivity index (χ3n) is 5.61. The van der Waals surface area contributed by atoms with Gasteiger partial charge in [-0.1, -0.05) is 6.07 Å². The second-order valence-electron chi connectivity index (χ2n) is 7.33. The summed E-state index contributed by atoms with van der Waals surface area (Å²) < 4.78 is 24.7. The molecular formula is C22H27FN2O2. The van der Waals surface area contributed by atoms with E-state index in [1.165, 1.54) is 5.69 Å². The van der Waals surface area contributed by atoms with Crippen molar-refractivity contribution in [2.75, 3.05) is 38.3 Å². The molecule has 2 unspecified atom stereocenters. The molecule has 0 radical (unpaired) electrons. The topological polar surface area (TPSA) is 33.7 Å². The van der Waals surface area contributed by atoms with E-state index >= 15 is 0 Å². The van der Waals surface area contributed by atoms with Crippen LogP contribution in [0.15, 0.2) is 42.5 Å². The number of ether oxygens (including phenoxy) is 2. The number of benzene rings is 2. The molecule has 0 saturated carbocycles. The Hall–Kier alpha value is -2.11. The molecule has 1 saturated heterocycles. The summed E-state index contributed by atoms with van der Waals surface area (Å²) in [6.45, 7) is 3.64. The Morgan fingerprint density at radius 3 is 2.85 bits per heavy atom. The van der Waals surface area contributed by atoms with Gasteiger partial charge in [-0.15, -0.1) is 0 Å². The highest BCUT2D eigenvalue weighted by Gasteiger charge is 2.25. The molecule has 0 aromatic heterocycles. The zero-order valence-corrected chi connectivity index (χ0v) is 15.8. The van der Waals surface area contributed by atoms with Gasteiger partial charge < -0.3 is 19.7 Å². The van der Waals surface area contributed by atoms with E-state index in [1.54, 1.807) is 19.2 Å². The van der Waals surface area contributed by atoms with E-state index in [0.717, 1.165) is 55.8 Å². The quantitative estimate of drug-likeness (QED) is 0.870. The Labute approximate surface area is 160 Å². The Kier molecular flexibility index (Phi) is 5.60. The lowest BCUT2D eigenvalue weighted by Gasteiger charge is -2.36. The molecule has 2 atom stereocenters. The minimum Gasteiger partial charge on any atom is -0.497 e. The van der Waals surface area contributed by atoms with Crippen molar-refractivity contribution in [3.8, 4) is 5.75 Å². The highest BCUT2D eigenvalue weighted by atomic mass is 19.1. The third-order valence-corrected chi connectivity index (χ3v) is 5.61. The normalized spacial score (nSPS) is 22.4. The summed E-state index contributed by atoms with van der Waals surface area (Å²) in [7, 11) is 1.69. The van der Waals surface area contributed by atoms with Gasteiger partial charge in [-0.25, -0.2) is 4.39 Å². The van der Waals surface area contributed by atoms with Gasteiger partial charge >= 0.3 is 0 Å². The smallest absolute Gasteiger partial charge is 0.123 e. The number of piperazine rings is 1. The number of hydrogen-bond acceptors (Lipinski definition) is 4. The van der Waals surface area contributed by atoms with Gasteiger partial charge in [-0.05, 0) is 66.8 Å². The maximum absolute atomic E-state index is 13.5. The molecule has 2 aliphatic rings. The van der Waals surface area contributed by atoms with Crippen LogP contribution < -0.4 is 15.0 Å². The number of nitrogens with zero attached hydrogens (tertiary/aromatic N) is 1. The highest BCUT2D eigenvalue weighted by Crippen LogP contribution is 2.32. The van der Waals surface area contributed by atoms with Crippen LogP contribution in [-0.2, 0) is 11.2 Å². The van der Waals surface area contributed by atoms with Gasteiger partial charge in [0.2, 0.25) is 0 Å². The van der Waals surface area contributed by atoms with Gasteiger partial charge in [0.1, 0.15) is 11.6 Å². The molecule has 1 N–H and O–H groups in total. The first-order chi connectivity index (χ1) is 13.2. The van der Waals surface area contributed by atoms with Crippen LogP contribution >= 0.6 is 0 Å². The van der Waals surface area contributed by atoms with E-state index in [4.69, 9.17) is 9.47 Å². The van der Waals surface area contributed by atoms with Crippen LogP contribution in [0.25, 0.3) is 0 Å². The van der Waals surface area contributed by atoms with Gasteiger partial charge in [-0.3, -0.25) is 0 Å². The van der Waals surface area contributed by atoms with Gasteiger partial charge in [-0.2, -0.15) is 0 Å². The van der Waals surface area contributed by atoms with Crippen LogP contribution in [0.4, 0.5) is 10.1 Å². The lowest BCUT2D eigenvalue weighted by atomic mass is 9.93. The first-order valence-corrected chi connectivity index (χ1v) is 9.75. The first kappa shape index (κ1) is 18.3. The first-order valence-electron chi connectivity index (χ1n) is 9.75. The van der Waals surface area contributed by atoms with E-state index in [-0.39, 0.29) is 11.9 Å². The summed E-state index contributed by atoms with van der Waals surface area (Å²) >= 11 is 0. The molecule has 4 nitrogen and oxygen atoms in total. The Morgan fingerprint density at radius 1 is 1.19 bits per heavy atom. The largest absolute Gasteiger partial charge is 0.497 e. The zero-order valence-electron chi connectivity index (χ0n) is 15.8. The second-order valence-corrected chi connectivity index (χ2v) is 7.33. The fraction of sp³-hybridized carbons (Fsp3) is 0.455. The third kappa shape index (κ3) is 4.25. The highest BCUT2D eigenvalue weighted by molar-refractivity contribution is 5.49. The number of anilines is 1. The molecule has 27 heavy (non-hydrogen) atoms. The van der Waals surface area contributed by atoms with Crippen LogP contribution in [0.1, 0.15) is 30.1 Å². The molecule has 2 aromatic rings. The standard InChI is InChI=1S/C22H27FN2O2/c1-26-20-6-4-19(5-7-20)25-12-11-24-18(15-25)3-9-22-21-8-2-17(23)14-16(21)10-13-27-22/h2,4-8,14,18,22,24H,3,9-13,15H2,1H3. The predicted octanol–water partition coefficient (Wildman–Crippen LogP) is 3.71. The van der Waals surface area contributed by atoms with Crippen molar-refractivity contribution < 1.29 is 13.9 Å². The average Bonchev–Trinajstić information content (AvgIpc) is 2.72. The number of nitrogens with one attached hydrogen (secondary N) is 1. The van der Waals surface area contributed by atoms with E-state index in [0.29, 0.717) is 12.6 Å². The molecule has 0 bridgehead atoms.